The Morgan fingerprint density at radius 1 is 1.07 bits per heavy atom. The number of rotatable bonds is 7. The van der Waals surface area contributed by atoms with Crippen LogP contribution in [0.25, 0.3) is 17.1 Å². The van der Waals surface area contributed by atoms with Crippen molar-refractivity contribution in [2.24, 2.45) is 0 Å². The molecule has 0 amide bonds. The molecule has 148 valence electrons. The number of aryl methyl sites for hydroxylation is 2. The second-order valence-corrected chi connectivity index (χ2v) is 7.40. The Hall–Kier alpha value is -3.13. The van der Waals surface area contributed by atoms with Crippen LogP contribution in [0.5, 0.6) is 5.75 Å². The van der Waals surface area contributed by atoms with E-state index in [0.717, 1.165) is 28.0 Å². The molecule has 0 fully saturated rings. The van der Waals surface area contributed by atoms with Gasteiger partial charge in [0, 0.05) is 11.3 Å². The van der Waals surface area contributed by atoms with Crippen molar-refractivity contribution in [2.75, 3.05) is 6.61 Å². The number of benzene rings is 2. The Morgan fingerprint density at radius 2 is 1.90 bits per heavy atom. The summed E-state index contributed by atoms with van der Waals surface area (Å²) in [4.78, 5) is 4.26. The molecule has 0 atom stereocenters. The second kappa shape index (κ2) is 8.48. The van der Waals surface area contributed by atoms with Gasteiger partial charge in [0.15, 0.2) is 16.8 Å². The van der Waals surface area contributed by atoms with Crippen LogP contribution in [0.4, 0.5) is 0 Å². The topological polar surface area (TPSA) is 78.9 Å². The summed E-state index contributed by atoms with van der Waals surface area (Å²) in [5.74, 6) is 3.31. The molecule has 29 heavy (non-hydrogen) atoms. The second-order valence-electron chi connectivity index (χ2n) is 6.46. The Bertz CT molecular complexity index is 1100. The summed E-state index contributed by atoms with van der Waals surface area (Å²) in [7, 11) is 0. The molecule has 2 aromatic carbocycles. The third kappa shape index (κ3) is 4.32. The van der Waals surface area contributed by atoms with Gasteiger partial charge in [-0.2, -0.15) is 4.98 Å². The molecule has 0 saturated heterocycles. The van der Waals surface area contributed by atoms with Gasteiger partial charge in [-0.1, -0.05) is 40.7 Å². The van der Waals surface area contributed by atoms with Crippen LogP contribution in [-0.4, -0.2) is 31.5 Å². The highest BCUT2D eigenvalue weighted by Gasteiger charge is 2.17. The lowest BCUT2D eigenvalue weighted by molar-refractivity contribution is 0.340. The van der Waals surface area contributed by atoms with Crippen LogP contribution in [0.15, 0.2) is 58.2 Å². The average Bonchev–Trinajstić information content (AvgIpc) is 3.33. The zero-order chi connectivity index (χ0) is 20.2. The summed E-state index contributed by atoms with van der Waals surface area (Å²) in [6.45, 7) is 6.47. The van der Waals surface area contributed by atoms with Crippen molar-refractivity contribution in [1.29, 1.82) is 0 Å². The zero-order valence-electron chi connectivity index (χ0n) is 16.5. The SMILES string of the molecule is CCOc1ccc(-n2c(SCc3nc(C)no3)nnc2-c2cccc(C)c2)cc1. The molecule has 0 aliphatic carbocycles. The Labute approximate surface area is 173 Å². The largest absolute Gasteiger partial charge is 0.494 e. The third-order valence-electron chi connectivity index (χ3n) is 4.21. The van der Waals surface area contributed by atoms with E-state index in [4.69, 9.17) is 9.26 Å². The molecule has 0 saturated carbocycles. The van der Waals surface area contributed by atoms with Crippen LogP contribution in [0, 0.1) is 13.8 Å². The number of hydrogen-bond donors (Lipinski definition) is 0. The first-order valence-electron chi connectivity index (χ1n) is 9.31. The zero-order valence-corrected chi connectivity index (χ0v) is 17.3. The Morgan fingerprint density at radius 3 is 2.59 bits per heavy atom. The molecule has 0 bridgehead atoms. The number of nitrogens with zero attached hydrogens (tertiary/aromatic N) is 5. The van der Waals surface area contributed by atoms with E-state index in [1.165, 1.54) is 17.3 Å². The highest BCUT2D eigenvalue weighted by molar-refractivity contribution is 7.98. The van der Waals surface area contributed by atoms with E-state index in [9.17, 15) is 0 Å². The minimum absolute atomic E-state index is 0.518. The molecule has 0 spiro atoms. The predicted octanol–water partition coefficient (Wildman–Crippen LogP) is 4.63. The van der Waals surface area contributed by atoms with Crippen molar-refractivity contribution in [3.63, 3.8) is 0 Å². The Kier molecular flexibility index (Phi) is 5.62. The summed E-state index contributed by atoms with van der Waals surface area (Å²) >= 11 is 1.50. The van der Waals surface area contributed by atoms with Crippen molar-refractivity contribution < 1.29 is 9.26 Å². The van der Waals surface area contributed by atoms with Crippen molar-refractivity contribution >= 4 is 11.8 Å². The van der Waals surface area contributed by atoms with Gasteiger partial charge in [0.1, 0.15) is 5.75 Å². The van der Waals surface area contributed by atoms with Crippen LogP contribution in [0.1, 0.15) is 24.2 Å². The maximum Gasteiger partial charge on any atom is 0.237 e. The number of thioether (sulfide) groups is 1. The van der Waals surface area contributed by atoms with E-state index in [2.05, 4.69) is 39.4 Å². The van der Waals surface area contributed by atoms with E-state index in [-0.39, 0.29) is 0 Å². The fourth-order valence-electron chi connectivity index (χ4n) is 2.95. The lowest BCUT2D eigenvalue weighted by Crippen LogP contribution is -2.00. The average molecular weight is 407 g/mol. The van der Waals surface area contributed by atoms with Gasteiger partial charge < -0.3 is 9.26 Å². The van der Waals surface area contributed by atoms with Crippen molar-refractivity contribution in [1.82, 2.24) is 24.9 Å². The molecule has 0 unspecified atom stereocenters. The molecule has 4 rings (SSSR count). The molecule has 7 nitrogen and oxygen atoms in total. The highest BCUT2D eigenvalue weighted by Crippen LogP contribution is 2.30. The Balaban J connectivity index is 1.72. The van der Waals surface area contributed by atoms with E-state index in [0.29, 0.717) is 24.1 Å². The molecule has 4 aromatic rings. The molecular formula is C21H21N5O2S. The van der Waals surface area contributed by atoms with Gasteiger partial charge in [-0.3, -0.25) is 4.57 Å². The summed E-state index contributed by atoms with van der Waals surface area (Å²) < 4.78 is 12.8. The van der Waals surface area contributed by atoms with Gasteiger partial charge in [-0.05, 0) is 51.1 Å². The molecular weight excluding hydrogens is 386 g/mol. The molecule has 2 heterocycles. The monoisotopic (exact) mass is 407 g/mol. The normalized spacial score (nSPS) is 11.0. The molecule has 0 radical (unpaired) electrons. The minimum Gasteiger partial charge on any atom is -0.494 e. The first kappa shape index (κ1) is 19.2. The van der Waals surface area contributed by atoms with Crippen LogP contribution < -0.4 is 4.74 Å². The maximum atomic E-state index is 5.57. The molecule has 0 aliphatic rings. The lowest BCUT2D eigenvalue weighted by Gasteiger charge is -2.11. The van der Waals surface area contributed by atoms with Crippen molar-refractivity contribution in [3.8, 4) is 22.8 Å². The highest BCUT2D eigenvalue weighted by atomic mass is 32.2. The van der Waals surface area contributed by atoms with Crippen LogP contribution in [0.2, 0.25) is 0 Å². The van der Waals surface area contributed by atoms with Gasteiger partial charge in [0.25, 0.3) is 0 Å². The van der Waals surface area contributed by atoms with Gasteiger partial charge in [0.2, 0.25) is 5.89 Å². The van der Waals surface area contributed by atoms with E-state index < -0.39 is 0 Å². The number of ether oxygens (including phenoxy) is 1. The summed E-state index contributed by atoms with van der Waals surface area (Å²) in [5.41, 5.74) is 3.13. The first-order valence-corrected chi connectivity index (χ1v) is 10.3. The van der Waals surface area contributed by atoms with Gasteiger partial charge in [-0.25, -0.2) is 0 Å². The lowest BCUT2D eigenvalue weighted by atomic mass is 10.1. The molecule has 0 aliphatic heterocycles. The van der Waals surface area contributed by atoms with Crippen LogP contribution in [0.3, 0.4) is 0 Å². The number of hydrogen-bond acceptors (Lipinski definition) is 7. The summed E-state index contributed by atoms with van der Waals surface area (Å²) in [6.07, 6.45) is 0. The van der Waals surface area contributed by atoms with Crippen LogP contribution in [-0.2, 0) is 5.75 Å². The van der Waals surface area contributed by atoms with Gasteiger partial charge in [0.05, 0.1) is 12.4 Å². The van der Waals surface area contributed by atoms with Gasteiger partial charge >= 0.3 is 0 Å². The predicted molar refractivity (Wildman–Crippen MR) is 111 cm³/mol. The van der Waals surface area contributed by atoms with Gasteiger partial charge in [-0.15, -0.1) is 10.2 Å². The van der Waals surface area contributed by atoms with E-state index in [1.54, 1.807) is 6.92 Å². The van der Waals surface area contributed by atoms with Crippen molar-refractivity contribution in [2.45, 2.75) is 31.7 Å². The number of aromatic nitrogens is 5. The molecule has 2 aromatic heterocycles. The summed E-state index contributed by atoms with van der Waals surface area (Å²) in [6, 6.07) is 16.2. The van der Waals surface area contributed by atoms with Crippen LogP contribution >= 0.6 is 11.8 Å². The quantitative estimate of drug-likeness (QED) is 0.413. The third-order valence-corrected chi connectivity index (χ3v) is 5.12. The fraction of sp³-hybridized carbons (Fsp3) is 0.238. The smallest absolute Gasteiger partial charge is 0.237 e. The molecule has 8 heteroatoms. The standard InChI is InChI=1S/C21H21N5O2S/c1-4-27-18-10-8-17(9-11-18)26-20(16-7-5-6-14(2)12-16)23-24-21(26)29-13-19-22-15(3)25-28-19/h5-12H,4,13H2,1-3H3. The first-order chi connectivity index (χ1) is 14.1. The fourth-order valence-corrected chi connectivity index (χ4v) is 3.74. The molecule has 0 N–H and O–H groups in total. The van der Waals surface area contributed by atoms with Crippen molar-refractivity contribution in [3.05, 3.63) is 65.8 Å². The summed E-state index contributed by atoms with van der Waals surface area (Å²) in [5, 5.41) is 13.5. The minimum atomic E-state index is 0.518. The van der Waals surface area contributed by atoms with E-state index >= 15 is 0 Å². The van der Waals surface area contributed by atoms with E-state index in [1.807, 2.05) is 47.9 Å². The maximum absolute atomic E-state index is 5.57.